The van der Waals surface area contributed by atoms with Gasteiger partial charge in [-0.1, -0.05) is 0 Å². The number of benzene rings is 1. The highest BCUT2D eigenvalue weighted by atomic mass is 16.5. The van der Waals surface area contributed by atoms with Gasteiger partial charge in [0, 0.05) is 18.4 Å². The van der Waals surface area contributed by atoms with Gasteiger partial charge in [0.2, 0.25) is 0 Å². The van der Waals surface area contributed by atoms with Crippen LogP contribution in [0.4, 0.5) is 0 Å². The van der Waals surface area contributed by atoms with E-state index >= 15 is 0 Å². The summed E-state index contributed by atoms with van der Waals surface area (Å²) in [4.78, 5) is 12.2. The van der Waals surface area contributed by atoms with E-state index in [-0.39, 0.29) is 5.78 Å². The molecule has 0 radical (unpaired) electrons. The molecular formula is C15H18O4. The molecule has 1 aromatic carbocycles. The Labute approximate surface area is 113 Å². The standard InChI is InChI=1S/C15H18O4/c1-17-10-7-8-13(18-2)11(9-10)15-12(16)5-4-6-14(15)19-3/h7-9H,4-6H2,1-3H3. The van der Waals surface area contributed by atoms with Crippen LogP contribution in [0, 0.1) is 0 Å². The molecule has 0 aliphatic heterocycles. The molecule has 0 fully saturated rings. The second-order valence-corrected chi connectivity index (χ2v) is 4.35. The molecule has 0 N–H and O–H groups in total. The van der Waals surface area contributed by atoms with Gasteiger partial charge in [-0.3, -0.25) is 4.79 Å². The second kappa shape index (κ2) is 5.78. The van der Waals surface area contributed by atoms with Gasteiger partial charge in [0.05, 0.1) is 26.9 Å². The largest absolute Gasteiger partial charge is 0.500 e. The summed E-state index contributed by atoms with van der Waals surface area (Å²) >= 11 is 0. The number of ether oxygens (including phenoxy) is 3. The summed E-state index contributed by atoms with van der Waals surface area (Å²) in [5.74, 6) is 2.16. The van der Waals surface area contributed by atoms with E-state index in [0.29, 0.717) is 23.5 Å². The first-order valence-electron chi connectivity index (χ1n) is 6.24. The molecule has 0 bridgehead atoms. The number of hydrogen-bond donors (Lipinski definition) is 0. The van der Waals surface area contributed by atoms with Crippen LogP contribution in [0.2, 0.25) is 0 Å². The van der Waals surface area contributed by atoms with Crippen molar-refractivity contribution in [2.24, 2.45) is 0 Å². The van der Waals surface area contributed by atoms with Gasteiger partial charge in [0.1, 0.15) is 17.3 Å². The van der Waals surface area contributed by atoms with Gasteiger partial charge >= 0.3 is 0 Å². The highest BCUT2D eigenvalue weighted by molar-refractivity contribution is 6.22. The summed E-state index contributed by atoms with van der Waals surface area (Å²) in [6.07, 6.45) is 2.15. The van der Waals surface area contributed by atoms with E-state index in [1.165, 1.54) is 0 Å². The Morgan fingerprint density at radius 2 is 1.79 bits per heavy atom. The first-order valence-corrected chi connectivity index (χ1v) is 6.24. The fourth-order valence-corrected chi connectivity index (χ4v) is 2.33. The molecule has 1 aromatic rings. The first-order chi connectivity index (χ1) is 9.21. The lowest BCUT2D eigenvalue weighted by Gasteiger charge is -2.20. The van der Waals surface area contributed by atoms with Crippen LogP contribution >= 0.6 is 0 Å². The summed E-state index contributed by atoms with van der Waals surface area (Å²) in [7, 11) is 4.78. The molecule has 0 unspecified atom stereocenters. The molecule has 0 aromatic heterocycles. The second-order valence-electron chi connectivity index (χ2n) is 4.35. The van der Waals surface area contributed by atoms with Crippen molar-refractivity contribution in [3.8, 4) is 11.5 Å². The van der Waals surface area contributed by atoms with E-state index in [2.05, 4.69) is 0 Å². The molecule has 0 saturated carbocycles. The molecule has 0 spiro atoms. The smallest absolute Gasteiger partial charge is 0.167 e. The van der Waals surface area contributed by atoms with E-state index < -0.39 is 0 Å². The summed E-state index contributed by atoms with van der Waals surface area (Å²) < 4.78 is 15.9. The van der Waals surface area contributed by atoms with Crippen LogP contribution in [-0.2, 0) is 9.53 Å². The van der Waals surface area contributed by atoms with Gasteiger partial charge in [-0.05, 0) is 24.6 Å². The molecule has 0 saturated heterocycles. The Bertz CT molecular complexity index is 517. The fourth-order valence-electron chi connectivity index (χ4n) is 2.33. The molecule has 0 amide bonds. The van der Waals surface area contributed by atoms with E-state index in [1.54, 1.807) is 27.4 Å². The van der Waals surface area contributed by atoms with Gasteiger partial charge < -0.3 is 14.2 Å². The summed E-state index contributed by atoms with van der Waals surface area (Å²) in [6.45, 7) is 0. The van der Waals surface area contributed by atoms with E-state index in [4.69, 9.17) is 14.2 Å². The van der Waals surface area contributed by atoms with Gasteiger partial charge in [0.15, 0.2) is 5.78 Å². The number of carbonyl (C=O) groups is 1. The first kappa shape index (κ1) is 13.5. The van der Waals surface area contributed by atoms with E-state index in [0.717, 1.165) is 24.2 Å². The number of rotatable bonds is 4. The minimum Gasteiger partial charge on any atom is -0.500 e. The third-order valence-electron chi connectivity index (χ3n) is 3.29. The molecule has 102 valence electrons. The molecule has 19 heavy (non-hydrogen) atoms. The zero-order valence-electron chi connectivity index (χ0n) is 11.5. The van der Waals surface area contributed by atoms with Crippen molar-refractivity contribution in [3.63, 3.8) is 0 Å². The van der Waals surface area contributed by atoms with Crippen LogP contribution in [0.5, 0.6) is 11.5 Å². The maximum atomic E-state index is 12.2. The summed E-state index contributed by atoms with van der Waals surface area (Å²) in [5.41, 5.74) is 1.35. The van der Waals surface area contributed by atoms with Gasteiger partial charge in [-0.25, -0.2) is 0 Å². The number of methoxy groups -OCH3 is 3. The Hall–Kier alpha value is -1.97. The lowest BCUT2D eigenvalue weighted by atomic mass is 9.90. The molecular weight excluding hydrogens is 244 g/mol. The van der Waals surface area contributed by atoms with E-state index in [9.17, 15) is 4.79 Å². The van der Waals surface area contributed by atoms with Gasteiger partial charge in [-0.2, -0.15) is 0 Å². The molecule has 0 atom stereocenters. The molecule has 4 heteroatoms. The van der Waals surface area contributed by atoms with Gasteiger partial charge in [0.25, 0.3) is 0 Å². The fraction of sp³-hybridized carbons (Fsp3) is 0.400. The van der Waals surface area contributed by atoms with Crippen LogP contribution in [0.3, 0.4) is 0 Å². The third-order valence-corrected chi connectivity index (χ3v) is 3.29. The Kier molecular flexibility index (Phi) is 4.10. The molecule has 1 aliphatic carbocycles. The van der Waals surface area contributed by atoms with Crippen molar-refractivity contribution < 1.29 is 19.0 Å². The highest BCUT2D eigenvalue weighted by Crippen LogP contribution is 2.36. The van der Waals surface area contributed by atoms with E-state index in [1.807, 2.05) is 12.1 Å². The number of Topliss-reactive ketones (excluding diaryl/α,β-unsaturated/α-hetero) is 1. The number of ketones is 1. The quantitative estimate of drug-likeness (QED) is 0.837. The Morgan fingerprint density at radius 1 is 1.00 bits per heavy atom. The topological polar surface area (TPSA) is 44.8 Å². The lowest BCUT2D eigenvalue weighted by Crippen LogP contribution is -2.12. The minimum atomic E-state index is 0.0923. The van der Waals surface area contributed by atoms with Crippen molar-refractivity contribution in [1.29, 1.82) is 0 Å². The van der Waals surface area contributed by atoms with Crippen LogP contribution in [0.15, 0.2) is 24.0 Å². The number of hydrogen-bond acceptors (Lipinski definition) is 4. The molecule has 4 nitrogen and oxygen atoms in total. The summed E-state index contributed by atoms with van der Waals surface area (Å²) in [5, 5.41) is 0. The third kappa shape index (κ3) is 2.57. The lowest BCUT2D eigenvalue weighted by molar-refractivity contribution is -0.114. The van der Waals surface area contributed by atoms with Crippen molar-refractivity contribution in [3.05, 3.63) is 29.5 Å². The number of allylic oxidation sites excluding steroid dienone is 2. The van der Waals surface area contributed by atoms with Crippen molar-refractivity contribution in [2.45, 2.75) is 19.3 Å². The van der Waals surface area contributed by atoms with Crippen LogP contribution in [0.1, 0.15) is 24.8 Å². The maximum Gasteiger partial charge on any atom is 0.167 e. The van der Waals surface area contributed by atoms with Crippen molar-refractivity contribution >= 4 is 11.4 Å². The molecule has 1 aliphatic rings. The average Bonchev–Trinajstić information content (AvgIpc) is 2.46. The summed E-state index contributed by atoms with van der Waals surface area (Å²) in [6, 6.07) is 5.43. The molecule has 0 heterocycles. The zero-order chi connectivity index (χ0) is 13.8. The van der Waals surface area contributed by atoms with Crippen LogP contribution in [-0.4, -0.2) is 27.1 Å². The van der Waals surface area contributed by atoms with Crippen LogP contribution < -0.4 is 9.47 Å². The normalized spacial score (nSPS) is 15.4. The zero-order valence-corrected chi connectivity index (χ0v) is 11.5. The Balaban J connectivity index is 2.60. The van der Waals surface area contributed by atoms with Gasteiger partial charge in [-0.15, -0.1) is 0 Å². The molecule has 2 rings (SSSR count). The predicted molar refractivity (Wildman–Crippen MR) is 72.3 cm³/mol. The monoisotopic (exact) mass is 262 g/mol. The average molecular weight is 262 g/mol. The predicted octanol–water partition coefficient (Wildman–Crippen LogP) is 2.81. The van der Waals surface area contributed by atoms with Crippen molar-refractivity contribution in [2.75, 3.05) is 21.3 Å². The SMILES string of the molecule is COC1=C(c2cc(OC)ccc2OC)C(=O)CCC1. The van der Waals surface area contributed by atoms with Crippen LogP contribution in [0.25, 0.3) is 5.57 Å². The van der Waals surface area contributed by atoms with Crippen molar-refractivity contribution in [1.82, 2.24) is 0 Å². The Morgan fingerprint density at radius 3 is 2.42 bits per heavy atom. The minimum absolute atomic E-state index is 0.0923. The highest BCUT2D eigenvalue weighted by Gasteiger charge is 2.25. The number of carbonyl (C=O) groups excluding carboxylic acids is 1. The maximum absolute atomic E-state index is 12.2.